The molecule has 2 aromatic rings. The molecule has 0 fully saturated rings. The number of rotatable bonds is 5. The van der Waals surface area contributed by atoms with Gasteiger partial charge in [-0.25, -0.2) is 4.98 Å². The van der Waals surface area contributed by atoms with Gasteiger partial charge in [0.1, 0.15) is 5.70 Å². The Kier molecular flexibility index (Phi) is 5.53. The molecule has 8 heteroatoms. The number of ketones is 1. The van der Waals surface area contributed by atoms with Gasteiger partial charge >= 0.3 is 0 Å². The fourth-order valence-corrected chi connectivity index (χ4v) is 4.73. The number of hydrogen-bond acceptors (Lipinski definition) is 6. The van der Waals surface area contributed by atoms with Crippen LogP contribution in [-0.4, -0.2) is 50.7 Å². The Bertz CT molecular complexity index is 1050. The molecule has 28 heavy (non-hydrogen) atoms. The van der Waals surface area contributed by atoms with Gasteiger partial charge in [0.25, 0.3) is 10.0 Å². The van der Waals surface area contributed by atoms with Gasteiger partial charge in [-0.1, -0.05) is 30.3 Å². The zero-order chi connectivity index (χ0) is 20.5. The highest BCUT2D eigenvalue weighted by Crippen LogP contribution is 2.35. The zero-order valence-electron chi connectivity index (χ0n) is 16.4. The number of fused-ring (bicyclic) bond motifs is 1. The molecule has 0 amide bonds. The van der Waals surface area contributed by atoms with Gasteiger partial charge in [0, 0.05) is 25.8 Å². The molecule has 1 aliphatic heterocycles. The van der Waals surface area contributed by atoms with E-state index >= 15 is 0 Å². The molecule has 0 spiro atoms. The molecule has 0 saturated heterocycles. The van der Waals surface area contributed by atoms with Crippen LogP contribution in [-0.2, 0) is 10.0 Å². The van der Waals surface area contributed by atoms with Crippen molar-refractivity contribution in [3.8, 4) is 0 Å². The van der Waals surface area contributed by atoms with E-state index in [0.717, 1.165) is 9.87 Å². The third-order valence-electron chi connectivity index (χ3n) is 4.65. The first-order valence-electron chi connectivity index (χ1n) is 8.99. The molecule has 7 nitrogen and oxygen atoms in total. The minimum absolute atomic E-state index is 0.101. The number of hydrogen-bond donors (Lipinski definition) is 2. The summed E-state index contributed by atoms with van der Waals surface area (Å²) >= 11 is 0. The van der Waals surface area contributed by atoms with Crippen LogP contribution in [0.25, 0.3) is 5.70 Å². The number of aromatic nitrogens is 1. The van der Waals surface area contributed by atoms with Crippen LogP contribution in [0.15, 0.2) is 47.1 Å². The summed E-state index contributed by atoms with van der Waals surface area (Å²) in [5.41, 5.74) is 2.63. The van der Waals surface area contributed by atoms with Gasteiger partial charge in [-0.3, -0.25) is 9.10 Å². The van der Waals surface area contributed by atoms with E-state index in [4.69, 9.17) is 0 Å². The number of pyridine rings is 1. The minimum Gasteiger partial charge on any atom is -0.381 e. The van der Waals surface area contributed by atoms with Crippen LogP contribution in [0.3, 0.4) is 0 Å². The number of sulfonamides is 1. The van der Waals surface area contributed by atoms with Crippen molar-refractivity contribution in [3.63, 3.8) is 0 Å². The van der Waals surface area contributed by atoms with Crippen molar-refractivity contribution in [1.82, 2.24) is 19.9 Å². The first-order chi connectivity index (χ1) is 13.3. The Labute approximate surface area is 165 Å². The number of allylic oxidation sites excluding steroid dienone is 1. The average molecular weight is 401 g/mol. The molecule has 148 valence electrons. The zero-order valence-corrected chi connectivity index (χ0v) is 17.2. The lowest BCUT2D eigenvalue weighted by atomic mass is 10.0. The van der Waals surface area contributed by atoms with E-state index in [2.05, 4.69) is 15.6 Å². The molecule has 2 N–H and O–H groups in total. The number of Topliss-reactive ketones (excluding diaryl/α,β-unsaturated/α-hetero) is 1. The first kappa shape index (κ1) is 20.0. The second-order valence-electron chi connectivity index (χ2n) is 6.68. The van der Waals surface area contributed by atoms with Crippen LogP contribution in [0.1, 0.15) is 27.2 Å². The fourth-order valence-electron chi connectivity index (χ4n) is 3.29. The maximum Gasteiger partial charge on any atom is 0.282 e. The highest BCUT2D eigenvalue weighted by molar-refractivity contribution is 7.89. The van der Waals surface area contributed by atoms with Gasteiger partial charge in [0.2, 0.25) is 5.78 Å². The summed E-state index contributed by atoms with van der Waals surface area (Å²) in [6.07, 6.45) is 0. The molecule has 0 radical (unpaired) electrons. The first-order valence-corrected chi connectivity index (χ1v) is 10.4. The van der Waals surface area contributed by atoms with E-state index in [0.29, 0.717) is 30.0 Å². The van der Waals surface area contributed by atoms with Gasteiger partial charge in [-0.2, -0.15) is 8.42 Å². The van der Waals surface area contributed by atoms with Crippen LogP contribution in [0, 0.1) is 13.8 Å². The van der Waals surface area contributed by atoms with Crippen molar-refractivity contribution in [2.75, 3.05) is 27.2 Å². The Morgan fingerprint density at radius 2 is 1.82 bits per heavy atom. The van der Waals surface area contributed by atoms with Crippen LogP contribution >= 0.6 is 0 Å². The van der Waals surface area contributed by atoms with E-state index in [9.17, 15) is 13.2 Å². The summed E-state index contributed by atoms with van der Waals surface area (Å²) in [4.78, 5) is 17.6. The molecular formula is C20H24N4O3S. The summed E-state index contributed by atoms with van der Waals surface area (Å²) in [6.45, 7) is 4.64. The minimum atomic E-state index is -3.94. The third-order valence-corrected chi connectivity index (χ3v) is 6.34. The number of carbonyl (C=O) groups is 1. The van der Waals surface area contributed by atoms with Gasteiger partial charge in [-0.15, -0.1) is 0 Å². The summed E-state index contributed by atoms with van der Waals surface area (Å²) < 4.78 is 27.4. The maximum absolute atomic E-state index is 13.4. The lowest BCUT2D eigenvalue weighted by Crippen LogP contribution is -2.40. The smallest absolute Gasteiger partial charge is 0.282 e. The molecule has 2 heterocycles. The second kappa shape index (κ2) is 7.73. The van der Waals surface area contributed by atoms with E-state index < -0.39 is 10.0 Å². The molecule has 1 aromatic heterocycles. The number of carbonyl (C=O) groups excluding carboxylic acids is 1. The standard InChI is InChI=1S/C20H24N4O3S/c1-13-12-14(2)23-20-16(13)19(25)18(24(4)28(20,26)27)17(22-11-10-21-3)15-8-6-5-7-9-15/h5-9,12,21-22H,10-11H2,1-4H3/b18-17+. The van der Waals surface area contributed by atoms with E-state index in [1.807, 2.05) is 37.4 Å². The average Bonchev–Trinajstić information content (AvgIpc) is 2.66. The highest BCUT2D eigenvalue weighted by atomic mass is 32.2. The van der Waals surface area contributed by atoms with Gasteiger partial charge in [0.05, 0.1) is 11.3 Å². The normalized spacial score (nSPS) is 17.3. The Morgan fingerprint density at radius 3 is 2.46 bits per heavy atom. The van der Waals surface area contributed by atoms with Crippen LogP contribution in [0.4, 0.5) is 0 Å². The Balaban J connectivity index is 2.29. The van der Waals surface area contributed by atoms with Gasteiger partial charge in [0.15, 0.2) is 5.03 Å². The summed E-state index contributed by atoms with van der Waals surface area (Å²) in [5.74, 6) is -0.354. The van der Waals surface area contributed by atoms with Crippen molar-refractivity contribution >= 4 is 21.5 Å². The number of aryl methyl sites for hydroxylation is 2. The molecule has 1 aliphatic rings. The fraction of sp³-hybridized carbons (Fsp3) is 0.300. The van der Waals surface area contributed by atoms with Crippen molar-refractivity contribution in [2.24, 2.45) is 0 Å². The molecule has 0 saturated carbocycles. The third kappa shape index (κ3) is 3.41. The maximum atomic E-state index is 13.4. The van der Waals surface area contributed by atoms with Crippen LogP contribution in [0.5, 0.6) is 0 Å². The molecule has 0 aliphatic carbocycles. The number of nitrogens with one attached hydrogen (secondary N) is 2. The summed E-state index contributed by atoms with van der Waals surface area (Å²) in [5, 5.41) is 6.09. The Hall–Kier alpha value is -2.71. The van der Waals surface area contributed by atoms with Crippen molar-refractivity contribution < 1.29 is 13.2 Å². The lowest BCUT2D eigenvalue weighted by Gasteiger charge is -2.30. The predicted octanol–water partition coefficient (Wildman–Crippen LogP) is 1.69. The predicted molar refractivity (Wildman–Crippen MR) is 108 cm³/mol. The molecule has 3 rings (SSSR count). The van der Waals surface area contributed by atoms with Crippen molar-refractivity contribution in [2.45, 2.75) is 18.9 Å². The number of benzene rings is 1. The molecular weight excluding hydrogens is 376 g/mol. The SMILES string of the molecule is CNCCN/C(=C1\C(=O)c2c(C)cc(C)nc2S(=O)(=O)N1C)c1ccccc1. The largest absolute Gasteiger partial charge is 0.381 e. The summed E-state index contributed by atoms with van der Waals surface area (Å²) in [7, 11) is -0.721. The van der Waals surface area contributed by atoms with Gasteiger partial charge < -0.3 is 10.6 Å². The van der Waals surface area contributed by atoms with Crippen molar-refractivity contribution in [3.05, 3.63) is 64.5 Å². The van der Waals surface area contributed by atoms with E-state index in [1.54, 1.807) is 19.9 Å². The Morgan fingerprint density at radius 1 is 1.14 bits per heavy atom. The van der Waals surface area contributed by atoms with Crippen molar-refractivity contribution in [1.29, 1.82) is 0 Å². The summed E-state index contributed by atoms with van der Waals surface area (Å²) in [6, 6.07) is 11.0. The quantitative estimate of drug-likeness (QED) is 0.586. The molecule has 0 bridgehead atoms. The lowest BCUT2D eigenvalue weighted by molar-refractivity contribution is 0.100. The van der Waals surface area contributed by atoms with E-state index in [-0.39, 0.29) is 22.1 Å². The van der Waals surface area contributed by atoms with Crippen LogP contribution < -0.4 is 10.6 Å². The number of likely N-dealkylation sites (N-methyl/N-ethyl adjacent to an activating group) is 2. The number of nitrogens with zero attached hydrogens (tertiary/aromatic N) is 2. The topological polar surface area (TPSA) is 91.4 Å². The monoisotopic (exact) mass is 400 g/mol. The van der Waals surface area contributed by atoms with E-state index in [1.165, 1.54) is 7.05 Å². The van der Waals surface area contributed by atoms with Gasteiger partial charge in [-0.05, 0) is 38.1 Å². The highest BCUT2D eigenvalue weighted by Gasteiger charge is 2.41. The van der Waals surface area contributed by atoms with Crippen LogP contribution in [0.2, 0.25) is 0 Å². The molecule has 0 atom stereocenters. The second-order valence-corrected chi connectivity index (χ2v) is 8.57. The molecule has 0 unspecified atom stereocenters. The molecule has 1 aromatic carbocycles.